The van der Waals surface area contributed by atoms with Crippen LogP contribution in [-0.4, -0.2) is 38.1 Å². The lowest BCUT2D eigenvalue weighted by molar-refractivity contribution is 0.0986. The number of carbonyl (C=O) groups excluding carboxylic acids is 2. The Bertz CT molecular complexity index is 1170. The van der Waals surface area contributed by atoms with Gasteiger partial charge in [0.2, 0.25) is 5.82 Å². The molecular weight excluding hydrogens is 458 g/mol. The molecule has 0 saturated carbocycles. The molecule has 0 bridgehead atoms. The molecule has 1 aromatic heterocycles. The van der Waals surface area contributed by atoms with Gasteiger partial charge in [0.05, 0.1) is 18.3 Å². The number of nitrogens with zero attached hydrogens (tertiary/aromatic N) is 4. The van der Waals surface area contributed by atoms with Gasteiger partial charge in [-0.25, -0.2) is 9.18 Å². The minimum atomic E-state index is -0.727. The van der Waals surface area contributed by atoms with Gasteiger partial charge in [-0.2, -0.15) is 0 Å². The molecule has 1 atom stereocenters. The van der Waals surface area contributed by atoms with E-state index in [1.165, 1.54) is 12.1 Å². The predicted molar refractivity (Wildman–Crippen MR) is 118 cm³/mol. The number of rotatable bonds is 5. The number of hydrogen-bond acceptors (Lipinski definition) is 4. The fourth-order valence-corrected chi connectivity index (χ4v) is 4.01. The summed E-state index contributed by atoms with van der Waals surface area (Å²) in [6.07, 6.45) is 1.31. The van der Waals surface area contributed by atoms with Crippen molar-refractivity contribution in [2.24, 2.45) is 5.73 Å². The summed E-state index contributed by atoms with van der Waals surface area (Å²) in [5.74, 6) is -0.942. The van der Waals surface area contributed by atoms with Crippen LogP contribution < -0.4 is 11.1 Å². The van der Waals surface area contributed by atoms with Gasteiger partial charge in [-0.05, 0) is 48.7 Å². The lowest BCUT2D eigenvalue weighted by Gasteiger charge is -2.25. The topological polar surface area (TPSA) is 106 Å². The number of hydrogen-bond donors (Lipinski definition) is 2. The maximum absolute atomic E-state index is 14.1. The van der Waals surface area contributed by atoms with Gasteiger partial charge in [0.1, 0.15) is 5.82 Å². The monoisotopic (exact) mass is 476 g/mol. The highest BCUT2D eigenvalue weighted by atomic mass is 35.5. The molecule has 2 aromatic carbocycles. The first-order valence-electron chi connectivity index (χ1n) is 9.83. The van der Waals surface area contributed by atoms with Gasteiger partial charge >= 0.3 is 6.03 Å². The van der Waals surface area contributed by atoms with Gasteiger partial charge in [-0.3, -0.25) is 4.79 Å². The number of carbonyl (C=O) groups is 2. The minimum Gasteiger partial charge on any atom is -0.363 e. The van der Waals surface area contributed by atoms with Crippen LogP contribution in [0.1, 0.15) is 40.9 Å². The number of likely N-dealkylation sites (tertiary alicyclic amines) is 1. The van der Waals surface area contributed by atoms with Crippen molar-refractivity contribution in [2.45, 2.75) is 25.4 Å². The van der Waals surface area contributed by atoms with Gasteiger partial charge in [0, 0.05) is 16.6 Å². The van der Waals surface area contributed by atoms with Gasteiger partial charge in [-0.15, -0.1) is 10.2 Å². The molecule has 8 nitrogen and oxygen atoms in total. The normalized spacial score (nSPS) is 15.7. The number of halogens is 3. The van der Waals surface area contributed by atoms with Crippen molar-refractivity contribution in [2.75, 3.05) is 11.9 Å². The summed E-state index contributed by atoms with van der Waals surface area (Å²) >= 11 is 11.7. The van der Waals surface area contributed by atoms with Crippen molar-refractivity contribution in [1.82, 2.24) is 19.7 Å². The quantitative estimate of drug-likeness (QED) is 0.573. The molecule has 32 heavy (non-hydrogen) atoms. The van der Waals surface area contributed by atoms with Crippen molar-refractivity contribution >= 4 is 40.8 Å². The molecular formula is C21H19Cl2FN6O2. The fraction of sp³-hybridized carbons (Fsp3) is 0.238. The molecule has 3 amide bonds. The van der Waals surface area contributed by atoms with Crippen LogP contribution in [0.3, 0.4) is 0 Å². The molecule has 0 unspecified atom stereocenters. The summed E-state index contributed by atoms with van der Waals surface area (Å²) in [6.45, 7) is 0.709. The second-order valence-electron chi connectivity index (χ2n) is 7.36. The lowest BCUT2D eigenvalue weighted by Crippen LogP contribution is -2.36. The average Bonchev–Trinajstić information content (AvgIpc) is 3.38. The SMILES string of the molecule is NC(=O)c1nnc([C@H]2CCCN2C(=O)Nc2ccc(Cl)cc2F)n1Cc1ccc(Cl)cc1. The summed E-state index contributed by atoms with van der Waals surface area (Å²) in [7, 11) is 0. The molecule has 1 saturated heterocycles. The highest BCUT2D eigenvalue weighted by Gasteiger charge is 2.35. The summed E-state index contributed by atoms with van der Waals surface area (Å²) in [6, 6.07) is 10.2. The summed E-state index contributed by atoms with van der Waals surface area (Å²) in [5.41, 5.74) is 6.38. The maximum atomic E-state index is 14.1. The second-order valence-corrected chi connectivity index (χ2v) is 8.24. The number of benzene rings is 2. The predicted octanol–water partition coefficient (Wildman–Crippen LogP) is 4.24. The Labute approximate surface area is 193 Å². The standard InChI is InChI=1S/C21H19Cl2FN6O2/c22-13-5-3-12(4-6-13)11-30-19(27-28-20(30)18(25)31)17-2-1-9-29(17)21(32)26-16-8-7-14(23)10-15(16)24/h3-8,10,17H,1-2,9,11H2,(H2,25,31)(H,26,32)/t17-/m1/s1. The largest absolute Gasteiger partial charge is 0.363 e. The third-order valence-corrected chi connectivity index (χ3v) is 5.73. The first-order valence-corrected chi connectivity index (χ1v) is 10.6. The van der Waals surface area contributed by atoms with E-state index in [-0.39, 0.29) is 23.1 Å². The Balaban J connectivity index is 1.62. The highest BCUT2D eigenvalue weighted by Crippen LogP contribution is 2.32. The van der Waals surface area contributed by atoms with Crippen molar-refractivity contribution < 1.29 is 14.0 Å². The summed E-state index contributed by atoms with van der Waals surface area (Å²) in [4.78, 5) is 26.4. The Morgan fingerprint density at radius 2 is 1.84 bits per heavy atom. The molecule has 4 rings (SSSR count). The Morgan fingerprint density at radius 3 is 2.53 bits per heavy atom. The Kier molecular flexibility index (Phi) is 6.29. The first-order chi connectivity index (χ1) is 15.3. The second kappa shape index (κ2) is 9.13. The molecule has 1 fully saturated rings. The van der Waals surface area contributed by atoms with Gasteiger partial charge in [0.25, 0.3) is 5.91 Å². The van der Waals surface area contributed by atoms with E-state index in [4.69, 9.17) is 28.9 Å². The number of nitrogens with one attached hydrogen (secondary N) is 1. The number of nitrogens with two attached hydrogens (primary N) is 1. The minimum absolute atomic E-state index is 0.00838. The summed E-state index contributed by atoms with van der Waals surface area (Å²) in [5, 5.41) is 11.5. The van der Waals surface area contributed by atoms with Gasteiger partial charge in [-0.1, -0.05) is 35.3 Å². The van der Waals surface area contributed by atoms with E-state index in [0.29, 0.717) is 30.2 Å². The molecule has 3 aromatic rings. The molecule has 11 heteroatoms. The Hall–Kier alpha value is -3.17. The van der Waals surface area contributed by atoms with E-state index >= 15 is 0 Å². The zero-order valence-corrected chi connectivity index (χ0v) is 18.3. The van der Waals surface area contributed by atoms with Crippen LogP contribution in [0, 0.1) is 5.82 Å². The number of primary amides is 1. The fourth-order valence-electron chi connectivity index (χ4n) is 3.73. The van der Waals surface area contributed by atoms with E-state index in [0.717, 1.165) is 11.6 Å². The van der Waals surface area contributed by atoms with E-state index in [2.05, 4.69) is 15.5 Å². The van der Waals surface area contributed by atoms with Crippen LogP contribution >= 0.6 is 23.2 Å². The third-order valence-electron chi connectivity index (χ3n) is 5.24. The zero-order valence-electron chi connectivity index (χ0n) is 16.8. The number of urea groups is 1. The highest BCUT2D eigenvalue weighted by molar-refractivity contribution is 6.30. The first kappa shape index (κ1) is 22.0. The van der Waals surface area contributed by atoms with E-state index < -0.39 is 23.8 Å². The maximum Gasteiger partial charge on any atom is 0.322 e. The van der Waals surface area contributed by atoms with Crippen LogP contribution in [0.15, 0.2) is 42.5 Å². The van der Waals surface area contributed by atoms with E-state index in [9.17, 15) is 14.0 Å². The molecule has 3 N–H and O–H groups in total. The molecule has 0 spiro atoms. The van der Waals surface area contributed by atoms with Crippen LogP contribution in [0.25, 0.3) is 0 Å². The van der Waals surface area contributed by atoms with Gasteiger partial charge < -0.3 is 20.5 Å². The zero-order chi connectivity index (χ0) is 22.8. The number of anilines is 1. The molecule has 166 valence electrons. The molecule has 0 aliphatic carbocycles. The summed E-state index contributed by atoms with van der Waals surface area (Å²) < 4.78 is 15.7. The van der Waals surface area contributed by atoms with Crippen molar-refractivity contribution in [3.05, 3.63) is 75.5 Å². The smallest absolute Gasteiger partial charge is 0.322 e. The van der Waals surface area contributed by atoms with Crippen molar-refractivity contribution in [3.63, 3.8) is 0 Å². The van der Waals surface area contributed by atoms with E-state index in [1.807, 2.05) is 12.1 Å². The molecule has 1 aliphatic heterocycles. The van der Waals surface area contributed by atoms with Crippen molar-refractivity contribution in [1.29, 1.82) is 0 Å². The molecule has 0 radical (unpaired) electrons. The van der Waals surface area contributed by atoms with Crippen LogP contribution in [0.4, 0.5) is 14.9 Å². The van der Waals surface area contributed by atoms with Crippen molar-refractivity contribution in [3.8, 4) is 0 Å². The third kappa shape index (κ3) is 4.53. The number of amides is 3. The van der Waals surface area contributed by atoms with E-state index in [1.54, 1.807) is 21.6 Å². The van der Waals surface area contributed by atoms with Gasteiger partial charge in [0.15, 0.2) is 5.82 Å². The lowest BCUT2D eigenvalue weighted by atomic mass is 10.2. The van der Waals surface area contributed by atoms with Crippen LogP contribution in [0.5, 0.6) is 0 Å². The number of aromatic nitrogens is 3. The molecule has 2 heterocycles. The average molecular weight is 477 g/mol. The van der Waals surface area contributed by atoms with Crippen LogP contribution in [0.2, 0.25) is 10.0 Å². The Morgan fingerprint density at radius 1 is 1.12 bits per heavy atom. The molecule has 1 aliphatic rings. The van der Waals surface area contributed by atoms with Crippen LogP contribution in [-0.2, 0) is 6.54 Å².